The van der Waals surface area contributed by atoms with E-state index in [2.05, 4.69) is 31.1 Å². The SMILES string of the molecule is COC(=O)Cn1ncc(N(C)C2CNC2)c(Br)c1=O. The molecule has 7 nitrogen and oxygen atoms in total. The van der Waals surface area contributed by atoms with Crippen molar-refractivity contribution in [3.05, 3.63) is 21.0 Å². The van der Waals surface area contributed by atoms with Gasteiger partial charge in [-0.05, 0) is 15.9 Å². The number of aromatic nitrogens is 2. The second-order valence-electron chi connectivity index (χ2n) is 4.31. The fraction of sp³-hybridized carbons (Fsp3) is 0.545. The molecule has 0 bridgehead atoms. The van der Waals surface area contributed by atoms with E-state index in [1.165, 1.54) is 7.11 Å². The van der Waals surface area contributed by atoms with Crippen LogP contribution in [0.2, 0.25) is 0 Å². The molecule has 2 rings (SSSR count). The lowest BCUT2D eigenvalue weighted by Crippen LogP contribution is -2.56. The van der Waals surface area contributed by atoms with Crippen molar-refractivity contribution in [2.24, 2.45) is 0 Å². The second-order valence-corrected chi connectivity index (χ2v) is 5.10. The molecule has 0 aromatic carbocycles. The second kappa shape index (κ2) is 5.70. The van der Waals surface area contributed by atoms with Gasteiger partial charge in [-0.2, -0.15) is 5.10 Å². The summed E-state index contributed by atoms with van der Waals surface area (Å²) in [5.74, 6) is -0.509. The number of hydrogen-bond donors (Lipinski definition) is 1. The molecule has 0 atom stereocenters. The van der Waals surface area contributed by atoms with Crippen LogP contribution in [-0.2, 0) is 16.1 Å². The number of ether oxygens (including phenoxy) is 1. The molecule has 1 fully saturated rings. The Hall–Kier alpha value is -1.41. The molecule has 2 heterocycles. The van der Waals surface area contributed by atoms with E-state index in [4.69, 9.17) is 0 Å². The third-order valence-corrected chi connectivity index (χ3v) is 3.91. The Morgan fingerprint density at radius 1 is 1.68 bits per heavy atom. The number of likely N-dealkylation sites (N-methyl/N-ethyl adjacent to an activating group) is 1. The van der Waals surface area contributed by atoms with E-state index in [1.54, 1.807) is 6.20 Å². The maximum atomic E-state index is 12.1. The van der Waals surface area contributed by atoms with Crippen molar-refractivity contribution in [2.75, 3.05) is 32.1 Å². The molecule has 0 spiro atoms. The van der Waals surface area contributed by atoms with Crippen molar-refractivity contribution < 1.29 is 9.53 Å². The van der Waals surface area contributed by atoms with E-state index in [-0.39, 0.29) is 12.1 Å². The van der Waals surface area contributed by atoms with Crippen LogP contribution < -0.4 is 15.8 Å². The summed E-state index contributed by atoms with van der Waals surface area (Å²) in [6.45, 7) is 1.57. The van der Waals surface area contributed by atoms with Crippen LogP contribution in [0.5, 0.6) is 0 Å². The van der Waals surface area contributed by atoms with Gasteiger partial charge in [-0.25, -0.2) is 4.68 Å². The lowest BCUT2D eigenvalue weighted by Gasteiger charge is -2.37. The molecule has 0 unspecified atom stereocenters. The minimum atomic E-state index is -0.509. The highest BCUT2D eigenvalue weighted by molar-refractivity contribution is 9.10. The summed E-state index contributed by atoms with van der Waals surface area (Å²) < 4.78 is 6.00. The van der Waals surface area contributed by atoms with E-state index in [0.29, 0.717) is 10.5 Å². The summed E-state index contributed by atoms with van der Waals surface area (Å²) in [4.78, 5) is 25.2. The molecule has 1 aliphatic heterocycles. The zero-order valence-corrected chi connectivity index (χ0v) is 12.3. The molecule has 19 heavy (non-hydrogen) atoms. The van der Waals surface area contributed by atoms with Crippen molar-refractivity contribution in [3.8, 4) is 0 Å². The summed E-state index contributed by atoms with van der Waals surface area (Å²) in [5.41, 5.74) is 0.375. The van der Waals surface area contributed by atoms with Gasteiger partial charge in [-0.15, -0.1) is 0 Å². The summed E-state index contributed by atoms with van der Waals surface area (Å²) >= 11 is 3.28. The standard InChI is InChI=1S/C11H15BrN4O3/c1-15(7-3-13-4-7)8-5-14-16(6-9(17)19-2)11(18)10(8)12/h5,7,13H,3-4,6H2,1-2H3. The van der Waals surface area contributed by atoms with Crippen molar-refractivity contribution in [2.45, 2.75) is 12.6 Å². The predicted octanol–water partition coefficient (Wildman–Crippen LogP) is -0.413. The molecule has 1 N–H and O–H groups in total. The first-order valence-electron chi connectivity index (χ1n) is 5.80. The van der Waals surface area contributed by atoms with E-state index < -0.39 is 5.97 Å². The molecular formula is C11H15BrN4O3. The van der Waals surface area contributed by atoms with Gasteiger partial charge in [0.05, 0.1) is 25.0 Å². The highest BCUT2D eigenvalue weighted by Gasteiger charge is 2.24. The van der Waals surface area contributed by atoms with Gasteiger partial charge in [0.15, 0.2) is 0 Å². The minimum Gasteiger partial charge on any atom is -0.468 e. The average Bonchev–Trinajstić information content (AvgIpc) is 2.32. The quantitative estimate of drug-likeness (QED) is 0.756. The van der Waals surface area contributed by atoms with Crippen molar-refractivity contribution in [3.63, 3.8) is 0 Å². The average molecular weight is 331 g/mol. The maximum Gasteiger partial charge on any atom is 0.327 e. The van der Waals surface area contributed by atoms with Crippen LogP contribution in [-0.4, -0.2) is 49.0 Å². The van der Waals surface area contributed by atoms with E-state index in [9.17, 15) is 9.59 Å². The van der Waals surface area contributed by atoms with Crippen LogP contribution in [0.25, 0.3) is 0 Å². The van der Waals surface area contributed by atoms with Gasteiger partial charge in [0.25, 0.3) is 5.56 Å². The Kier molecular flexibility index (Phi) is 4.20. The first kappa shape index (κ1) is 14.0. The van der Waals surface area contributed by atoms with Gasteiger partial charge in [-0.1, -0.05) is 0 Å². The summed E-state index contributed by atoms with van der Waals surface area (Å²) in [6, 6.07) is 0.356. The monoisotopic (exact) mass is 330 g/mol. The minimum absolute atomic E-state index is 0.192. The third-order valence-electron chi connectivity index (χ3n) is 3.16. The van der Waals surface area contributed by atoms with E-state index >= 15 is 0 Å². The summed E-state index contributed by atoms with van der Waals surface area (Å²) in [6.07, 6.45) is 1.58. The van der Waals surface area contributed by atoms with Gasteiger partial charge in [0.1, 0.15) is 11.0 Å². The number of methoxy groups -OCH3 is 1. The van der Waals surface area contributed by atoms with Gasteiger partial charge >= 0.3 is 5.97 Å². The Balaban J connectivity index is 2.26. The van der Waals surface area contributed by atoms with Crippen LogP contribution in [0.15, 0.2) is 15.5 Å². The number of carbonyl (C=O) groups is 1. The fourth-order valence-electron chi connectivity index (χ4n) is 1.75. The van der Waals surface area contributed by atoms with E-state index in [0.717, 1.165) is 23.5 Å². The zero-order chi connectivity index (χ0) is 14.0. The van der Waals surface area contributed by atoms with Crippen molar-refractivity contribution >= 4 is 27.6 Å². The number of anilines is 1. The number of nitrogens with one attached hydrogen (secondary N) is 1. The first-order chi connectivity index (χ1) is 9.04. The molecule has 0 radical (unpaired) electrons. The molecule has 1 aromatic rings. The van der Waals surface area contributed by atoms with Gasteiger partial charge in [0.2, 0.25) is 0 Å². The number of nitrogens with zero attached hydrogens (tertiary/aromatic N) is 3. The van der Waals surface area contributed by atoms with Crippen molar-refractivity contribution in [1.29, 1.82) is 0 Å². The molecule has 8 heteroatoms. The lowest BCUT2D eigenvalue weighted by molar-refractivity contribution is -0.141. The zero-order valence-electron chi connectivity index (χ0n) is 10.7. The largest absolute Gasteiger partial charge is 0.468 e. The predicted molar refractivity (Wildman–Crippen MR) is 73.3 cm³/mol. The van der Waals surface area contributed by atoms with E-state index in [1.807, 2.05) is 11.9 Å². The molecule has 1 aromatic heterocycles. The molecule has 0 saturated carbocycles. The number of hydrogen-bond acceptors (Lipinski definition) is 6. The molecule has 104 valence electrons. The Bertz CT molecular complexity index is 541. The highest BCUT2D eigenvalue weighted by atomic mass is 79.9. The van der Waals surface area contributed by atoms with Crippen LogP contribution in [0, 0.1) is 0 Å². The third kappa shape index (κ3) is 2.79. The van der Waals surface area contributed by atoms with Gasteiger partial charge in [-0.3, -0.25) is 9.59 Å². The van der Waals surface area contributed by atoms with Gasteiger partial charge in [0, 0.05) is 20.1 Å². The van der Waals surface area contributed by atoms with Crippen LogP contribution in [0.3, 0.4) is 0 Å². The summed E-state index contributed by atoms with van der Waals surface area (Å²) in [5, 5.41) is 7.17. The fourth-order valence-corrected chi connectivity index (χ4v) is 2.33. The van der Waals surface area contributed by atoms with Crippen LogP contribution >= 0.6 is 15.9 Å². The maximum absolute atomic E-state index is 12.1. The smallest absolute Gasteiger partial charge is 0.327 e. The van der Waals surface area contributed by atoms with Crippen LogP contribution in [0.1, 0.15) is 0 Å². The van der Waals surface area contributed by atoms with Gasteiger partial charge < -0.3 is 15.0 Å². The number of halogens is 1. The number of rotatable bonds is 4. The number of esters is 1. The Labute approximate surface area is 118 Å². The molecule has 0 amide bonds. The Morgan fingerprint density at radius 2 is 2.37 bits per heavy atom. The first-order valence-corrected chi connectivity index (χ1v) is 6.60. The normalized spacial score (nSPS) is 14.9. The van der Waals surface area contributed by atoms with Crippen molar-refractivity contribution in [1.82, 2.24) is 15.1 Å². The molecule has 0 aliphatic carbocycles. The highest BCUT2D eigenvalue weighted by Crippen LogP contribution is 2.23. The Morgan fingerprint density at radius 3 is 2.89 bits per heavy atom. The molecule has 1 aliphatic rings. The topological polar surface area (TPSA) is 76.5 Å². The molecular weight excluding hydrogens is 316 g/mol. The molecule has 1 saturated heterocycles. The lowest BCUT2D eigenvalue weighted by atomic mass is 10.1. The van der Waals surface area contributed by atoms with Crippen LogP contribution in [0.4, 0.5) is 5.69 Å². The number of carbonyl (C=O) groups excluding carboxylic acids is 1. The summed E-state index contributed by atoms with van der Waals surface area (Å²) in [7, 11) is 3.19.